The predicted octanol–water partition coefficient (Wildman–Crippen LogP) is 5.84. The summed E-state index contributed by atoms with van der Waals surface area (Å²) >= 11 is 9.12. The molecule has 1 saturated heterocycles. The fourth-order valence-electron chi connectivity index (χ4n) is 4.11. The molecule has 9 heteroatoms. The van der Waals surface area contributed by atoms with Gasteiger partial charge in [-0.05, 0) is 55.8 Å². The minimum absolute atomic E-state index is 0.0679. The molecule has 2 atom stereocenters. The van der Waals surface area contributed by atoms with Crippen molar-refractivity contribution in [3.05, 3.63) is 82.9 Å². The molecule has 3 aromatic carbocycles. The third kappa shape index (κ3) is 4.59. The van der Waals surface area contributed by atoms with Crippen LogP contribution in [0.15, 0.2) is 76.5 Å². The van der Waals surface area contributed by atoms with E-state index >= 15 is 0 Å². The van der Waals surface area contributed by atoms with Crippen molar-refractivity contribution in [1.29, 1.82) is 0 Å². The summed E-state index contributed by atoms with van der Waals surface area (Å²) in [5, 5.41) is 1.64. The highest BCUT2D eigenvalue weighted by molar-refractivity contribution is 8.01. The molecule has 0 radical (unpaired) electrons. The van der Waals surface area contributed by atoms with E-state index in [1.807, 2.05) is 49.4 Å². The fraction of sp³-hybridized carbons (Fsp3) is 0.192. The molecule has 3 aromatic rings. The Morgan fingerprint density at radius 1 is 1.00 bits per heavy atom. The number of carbonyl (C=O) groups excluding carboxylic acids is 3. The van der Waals surface area contributed by atoms with Crippen LogP contribution in [0.2, 0.25) is 5.02 Å². The van der Waals surface area contributed by atoms with Crippen molar-refractivity contribution >= 4 is 64.1 Å². The normalized spacial score (nSPS) is 18.9. The third-order valence-corrected chi connectivity index (χ3v) is 8.62. The summed E-state index contributed by atoms with van der Waals surface area (Å²) in [6.07, 6.45) is 0. The molecule has 2 aliphatic rings. The number of hydrogen-bond donors (Lipinski definition) is 1. The van der Waals surface area contributed by atoms with Gasteiger partial charge in [-0.3, -0.25) is 24.3 Å². The maximum absolute atomic E-state index is 13.6. The van der Waals surface area contributed by atoms with Crippen LogP contribution in [0.5, 0.6) is 0 Å². The quantitative estimate of drug-likeness (QED) is 0.424. The Morgan fingerprint density at radius 3 is 2.46 bits per heavy atom. The molecule has 2 unspecified atom stereocenters. The number of nitrogens with one attached hydrogen (secondary N) is 1. The van der Waals surface area contributed by atoms with Gasteiger partial charge in [-0.2, -0.15) is 0 Å². The molecule has 35 heavy (non-hydrogen) atoms. The highest BCUT2D eigenvalue weighted by Gasteiger charge is 2.39. The Hall–Kier alpha value is -2.78. The van der Waals surface area contributed by atoms with Gasteiger partial charge in [0, 0.05) is 20.4 Å². The molecule has 2 aliphatic heterocycles. The number of anilines is 2. The molecule has 2 heterocycles. The molecule has 6 nitrogen and oxygen atoms in total. The number of ketones is 1. The molecule has 2 amide bonds. The molecule has 1 N–H and O–H groups in total. The summed E-state index contributed by atoms with van der Waals surface area (Å²) < 4.78 is 0. The van der Waals surface area contributed by atoms with E-state index < -0.39 is 0 Å². The first-order chi connectivity index (χ1) is 16.8. The zero-order valence-corrected chi connectivity index (χ0v) is 21.4. The lowest BCUT2D eigenvalue weighted by Gasteiger charge is -2.32. The van der Waals surface area contributed by atoms with Gasteiger partial charge in [0.1, 0.15) is 5.37 Å². The molecule has 5 rings (SSSR count). The van der Waals surface area contributed by atoms with E-state index in [4.69, 9.17) is 11.6 Å². The summed E-state index contributed by atoms with van der Waals surface area (Å²) in [5.74, 6) is -0.384. The number of thioether (sulfide) groups is 1. The van der Waals surface area contributed by atoms with Crippen molar-refractivity contribution in [2.75, 3.05) is 11.4 Å². The number of Topliss-reactive ketones (excluding diaryl/α,β-unsaturated/α-hetero) is 1. The number of hydrazine groups is 1. The number of para-hydroxylation sites is 1. The number of fused-ring (bicyclic) bond motifs is 2. The number of benzene rings is 3. The van der Waals surface area contributed by atoms with Gasteiger partial charge >= 0.3 is 0 Å². The maximum Gasteiger partial charge on any atom is 0.250 e. The zero-order chi connectivity index (χ0) is 24.7. The Labute approximate surface area is 217 Å². The Bertz CT molecular complexity index is 1330. The second kappa shape index (κ2) is 9.70. The van der Waals surface area contributed by atoms with Crippen LogP contribution in [0.1, 0.15) is 35.1 Å². The van der Waals surface area contributed by atoms with E-state index in [-0.39, 0.29) is 34.8 Å². The van der Waals surface area contributed by atoms with Crippen LogP contribution < -0.4 is 10.3 Å². The van der Waals surface area contributed by atoms with Crippen LogP contribution in [-0.2, 0) is 9.59 Å². The molecule has 0 aromatic heterocycles. The third-order valence-electron chi connectivity index (χ3n) is 5.89. The molecule has 1 fully saturated rings. The number of halogens is 1. The summed E-state index contributed by atoms with van der Waals surface area (Å²) in [6, 6.07) is 20.4. The standard InChI is InChI=1S/C26H22ClN3O3S2/c1-15(31)18-9-12-23-21(13-18)29(20-5-3-4-6-22(20)35-23)24(32)14-28-30-25(33)16(2)34-26(30)17-7-10-19(27)11-8-17/h3-13,16,26,28H,14H2,1-2H3. The zero-order valence-electron chi connectivity index (χ0n) is 19.0. The van der Waals surface area contributed by atoms with Crippen LogP contribution in [0, 0.1) is 0 Å². The lowest BCUT2D eigenvalue weighted by Crippen LogP contribution is -2.47. The predicted molar refractivity (Wildman–Crippen MR) is 140 cm³/mol. The maximum atomic E-state index is 13.6. The number of amides is 2. The molecular weight excluding hydrogens is 502 g/mol. The molecule has 0 spiro atoms. The number of hydrogen-bond acceptors (Lipinski definition) is 6. The lowest BCUT2D eigenvalue weighted by atomic mass is 10.1. The van der Waals surface area contributed by atoms with Crippen LogP contribution in [0.3, 0.4) is 0 Å². The van der Waals surface area contributed by atoms with E-state index in [0.29, 0.717) is 16.3 Å². The van der Waals surface area contributed by atoms with E-state index in [2.05, 4.69) is 5.43 Å². The Morgan fingerprint density at radius 2 is 1.71 bits per heavy atom. The minimum Gasteiger partial charge on any atom is -0.295 e. The summed E-state index contributed by atoms with van der Waals surface area (Å²) in [4.78, 5) is 42.1. The van der Waals surface area contributed by atoms with E-state index in [0.717, 1.165) is 21.0 Å². The van der Waals surface area contributed by atoms with Crippen molar-refractivity contribution < 1.29 is 14.4 Å². The van der Waals surface area contributed by atoms with E-state index in [9.17, 15) is 14.4 Å². The summed E-state index contributed by atoms with van der Waals surface area (Å²) in [7, 11) is 0. The van der Waals surface area contributed by atoms with Crippen molar-refractivity contribution in [2.45, 2.75) is 34.3 Å². The second-order valence-electron chi connectivity index (χ2n) is 8.26. The van der Waals surface area contributed by atoms with Crippen LogP contribution >= 0.6 is 35.1 Å². The number of carbonyl (C=O) groups is 3. The van der Waals surface area contributed by atoms with Crippen molar-refractivity contribution in [1.82, 2.24) is 10.4 Å². The van der Waals surface area contributed by atoms with Gasteiger partial charge < -0.3 is 0 Å². The Balaban J connectivity index is 1.43. The molecule has 0 bridgehead atoms. The van der Waals surface area contributed by atoms with Gasteiger partial charge in [-0.25, -0.2) is 5.43 Å². The lowest BCUT2D eigenvalue weighted by molar-refractivity contribution is -0.133. The van der Waals surface area contributed by atoms with Crippen molar-refractivity contribution in [3.63, 3.8) is 0 Å². The molecule has 0 saturated carbocycles. The fourth-order valence-corrected chi connectivity index (χ4v) is 6.51. The van der Waals surface area contributed by atoms with Crippen molar-refractivity contribution in [2.24, 2.45) is 0 Å². The van der Waals surface area contributed by atoms with Gasteiger partial charge in [0.05, 0.1) is 23.2 Å². The number of nitrogens with zero attached hydrogens (tertiary/aromatic N) is 2. The largest absolute Gasteiger partial charge is 0.295 e. The van der Waals surface area contributed by atoms with Gasteiger partial charge in [-0.1, -0.05) is 53.7 Å². The molecule has 0 aliphatic carbocycles. The second-order valence-corrected chi connectivity index (χ2v) is 11.2. The van der Waals surface area contributed by atoms with Gasteiger partial charge in [0.2, 0.25) is 5.91 Å². The van der Waals surface area contributed by atoms with Crippen molar-refractivity contribution in [3.8, 4) is 0 Å². The van der Waals surface area contributed by atoms with Crippen LogP contribution in [0.25, 0.3) is 0 Å². The summed E-state index contributed by atoms with van der Waals surface area (Å²) in [6.45, 7) is 3.27. The smallest absolute Gasteiger partial charge is 0.250 e. The Kier molecular flexibility index (Phi) is 6.63. The first-order valence-corrected chi connectivity index (χ1v) is 13.2. The SMILES string of the molecule is CC(=O)c1ccc2c(c1)N(C(=O)CNN1C(=O)C(C)SC1c1ccc(Cl)cc1)c1ccccc1S2. The van der Waals surface area contributed by atoms with E-state index in [1.54, 1.807) is 40.9 Å². The number of rotatable bonds is 5. The van der Waals surface area contributed by atoms with Gasteiger partial charge in [-0.15, -0.1) is 11.8 Å². The van der Waals surface area contributed by atoms with Gasteiger partial charge in [0.25, 0.3) is 5.91 Å². The first kappa shape index (κ1) is 23.9. The first-order valence-electron chi connectivity index (χ1n) is 11.1. The molecular formula is C26H22ClN3O3S2. The average molecular weight is 524 g/mol. The average Bonchev–Trinajstić information content (AvgIpc) is 3.14. The van der Waals surface area contributed by atoms with E-state index in [1.165, 1.54) is 23.7 Å². The summed E-state index contributed by atoms with van der Waals surface area (Å²) in [5.41, 5.74) is 5.97. The highest BCUT2D eigenvalue weighted by atomic mass is 35.5. The topological polar surface area (TPSA) is 69.7 Å². The van der Waals surface area contributed by atoms with Gasteiger partial charge in [0.15, 0.2) is 5.78 Å². The highest BCUT2D eigenvalue weighted by Crippen LogP contribution is 2.48. The minimum atomic E-state index is -0.275. The monoisotopic (exact) mass is 523 g/mol. The van der Waals surface area contributed by atoms with Crippen LogP contribution in [0.4, 0.5) is 11.4 Å². The van der Waals surface area contributed by atoms with Crippen LogP contribution in [-0.4, -0.2) is 34.4 Å². The molecule has 178 valence electrons.